The Hall–Kier alpha value is -1.18. The van der Waals surface area contributed by atoms with Crippen LogP contribution in [0.25, 0.3) is 6.08 Å². The van der Waals surface area contributed by atoms with Gasteiger partial charge in [0.25, 0.3) is 0 Å². The van der Waals surface area contributed by atoms with Crippen LogP contribution in [0.15, 0.2) is 24.5 Å². The van der Waals surface area contributed by atoms with Crippen LogP contribution < -0.4 is 0 Å². The number of aromatic nitrogens is 2. The zero-order valence-corrected chi connectivity index (χ0v) is 6.70. The Kier molecular flexibility index (Phi) is 3.32. The predicted octanol–water partition coefficient (Wildman–Crippen LogP) is 2.29. The van der Waals surface area contributed by atoms with E-state index in [1.807, 2.05) is 12.1 Å². The Balaban J connectivity index is 2.50. The molecule has 1 aromatic rings. The summed E-state index contributed by atoms with van der Waals surface area (Å²) in [6, 6.07) is 1.82. The van der Waals surface area contributed by atoms with Crippen LogP contribution in [0.2, 0.25) is 0 Å². The molecule has 0 unspecified atom stereocenters. The lowest BCUT2D eigenvalue weighted by molar-refractivity contribution is 0.960. The van der Waals surface area contributed by atoms with Gasteiger partial charge in [0.05, 0.1) is 0 Å². The van der Waals surface area contributed by atoms with Crippen LogP contribution in [0.1, 0.15) is 25.6 Å². The van der Waals surface area contributed by atoms with Crippen molar-refractivity contribution in [2.75, 3.05) is 0 Å². The summed E-state index contributed by atoms with van der Waals surface area (Å²) in [6.07, 6.45) is 9.80. The van der Waals surface area contributed by atoms with Crippen LogP contribution in [-0.2, 0) is 0 Å². The maximum absolute atomic E-state index is 4.05. The van der Waals surface area contributed by atoms with Crippen molar-refractivity contribution in [3.63, 3.8) is 0 Å². The van der Waals surface area contributed by atoms with Crippen molar-refractivity contribution in [3.8, 4) is 0 Å². The molecule has 1 rings (SSSR count). The third kappa shape index (κ3) is 2.94. The summed E-state index contributed by atoms with van der Waals surface area (Å²) in [5, 5.41) is 0. The normalized spacial score (nSPS) is 10.6. The van der Waals surface area contributed by atoms with E-state index >= 15 is 0 Å². The van der Waals surface area contributed by atoms with Crippen molar-refractivity contribution in [2.24, 2.45) is 0 Å². The van der Waals surface area contributed by atoms with E-state index in [0.29, 0.717) is 0 Å². The maximum Gasteiger partial charge on any atom is 0.151 e. The van der Waals surface area contributed by atoms with E-state index in [9.17, 15) is 0 Å². The Labute approximate surface area is 67.0 Å². The Bertz CT molecular complexity index is 216. The first kappa shape index (κ1) is 7.92. The van der Waals surface area contributed by atoms with Gasteiger partial charge in [-0.15, -0.1) is 0 Å². The van der Waals surface area contributed by atoms with E-state index in [1.54, 1.807) is 12.4 Å². The second-order valence-electron chi connectivity index (χ2n) is 2.30. The molecule has 2 nitrogen and oxygen atoms in total. The lowest BCUT2D eigenvalue weighted by Gasteiger charge is -1.88. The minimum atomic E-state index is 0.793. The van der Waals surface area contributed by atoms with E-state index in [4.69, 9.17) is 0 Å². The van der Waals surface area contributed by atoms with Crippen molar-refractivity contribution in [1.82, 2.24) is 9.97 Å². The molecule has 0 atom stereocenters. The standard InChI is InChI=1S/C9H12N2/c1-2-3-4-6-9-10-7-5-8-11-9/h4-8H,2-3H2,1H3. The molecule has 0 spiro atoms. The highest BCUT2D eigenvalue weighted by atomic mass is 14.8. The Morgan fingerprint density at radius 2 is 2.09 bits per heavy atom. The number of hydrogen-bond acceptors (Lipinski definition) is 2. The van der Waals surface area contributed by atoms with Crippen LogP contribution in [0, 0.1) is 0 Å². The molecule has 0 bridgehead atoms. The first-order valence-corrected chi connectivity index (χ1v) is 3.87. The molecule has 0 radical (unpaired) electrons. The highest BCUT2D eigenvalue weighted by molar-refractivity contribution is 5.38. The van der Waals surface area contributed by atoms with Gasteiger partial charge in [-0.1, -0.05) is 19.4 Å². The van der Waals surface area contributed by atoms with Gasteiger partial charge in [-0.3, -0.25) is 0 Å². The molecule has 58 valence electrons. The van der Waals surface area contributed by atoms with E-state index in [2.05, 4.69) is 23.0 Å². The predicted molar refractivity (Wildman–Crippen MR) is 46.0 cm³/mol. The molecule has 0 aliphatic carbocycles. The van der Waals surface area contributed by atoms with Gasteiger partial charge < -0.3 is 0 Å². The average Bonchev–Trinajstić information content (AvgIpc) is 2.07. The van der Waals surface area contributed by atoms with Crippen molar-refractivity contribution in [3.05, 3.63) is 30.4 Å². The van der Waals surface area contributed by atoms with E-state index in [0.717, 1.165) is 12.2 Å². The lowest BCUT2D eigenvalue weighted by Crippen LogP contribution is -1.82. The topological polar surface area (TPSA) is 25.8 Å². The molecule has 2 heteroatoms. The summed E-state index contributed by atoms with van der Waals surface area (Å²) in [4.78, 5) is 8.11. The van der Waals surface area contributed by atoms with E-state index < -0.39 is 0 Å². The molecule has 0 aliphatic heterocycles. The van der Waals surface area contributed by atoms with E-state index in [1.165, 1.54) is 6.42 Å². The molecule has 0 aromatic carbocycles. The highest BCUT2D eigenvalue weighted by Crippen LogP contribution is 1.94. The van der Waals surface area contributed by atoms with Crippen LogP contribution in [0.4, 0.5) is 0 Å². The van der Waals surface area contributed by atoms with Gasteiger partial charge in [-0.05, 0) is 18.6 Å². The summed E-state index contributed by atoms with van der Waals surface area (Å²) in [6.45, 7) is 2.15. The second-order valence-corrected chi connectivity index (χ2v) is 2.30. The van der Waals surface area contributed by atoms with Gasteiger partial charge in [0.2, 0.25) is 0 Å². The average molecular weight is 148 g/mol. The van der Waals surface area contributed by atoms with Crippen molar-refractivity contribution in [1.29, 1.82) is 0 Å². The second kappa shape index (κ2) is 4.61. The molecule has 1 aromatic heterocycles. The number of unbranched alkanes of at least 4 members (excludes halogenated alkanes) is 1. The summed E-state index contributed by atoms with van der Waals surface area (Å²) in [7, 11) is 0. The summed E-state index contributed by atoms with van der Waals surface area (Å²) >= 11 is 0. The Morgan fingerprint density at radius 1 is 1.36 bits per heavy atom. The molecule has 0 saturated heterocycles. The number of nitrogens with zero attached hydrogens (tertiary/aromatic N) is 2. The summed E-state index contributed by atoms with van der Waals surface area (Å²) in [5.74, 6) is 0.793. The fourth-order valence-electron chi connectivity index (χ4n) is 0.752. The first-order chi connectivity index (χ1) is 5.43. The van der Waals surface area contributed by atoms with Crippen LogP contribution >= 0.6 is 0 Å². The third-order valence-electron chi connectivity index (χ3n) is 1.31. The molecule has 11 heavy (non-hydrogen) atoms. The van der Waals surface area contributed by atoms with Gasteiger partial charge in [0.1, 0.15) is 0 Å². The van der Waals surface area contributed by atoms with Crippen LogP contribution in [0.3, 0.4) is 0 Å². The molecular formula is C9H12N2. The zero-order chi connectivity index (χ0) is 7.94. The molecule has 0 fully saturated rings. The number of hydrogen-bond donors (Lipinski definition) is 0. The summed E-state index contributed by atoms with van der Waals surface area (Å²) in [5.41, 5.74) is 0. The van der Waals surface area contributed by atoms with Gasteiger partial charge in [-0.25, -0.2) is 9.97 Å². The van der Waals surface area contributed by atoms with Crippen LogP contribution in [-0.4, -0.2) is 9.97 Å². The van der Waals surface area contributed by atoms with Crippen LogP contribution in [0.5, 0.6) is 0 Å². The number of rotatable bonds is 3. The largest absolute Gasteiger partial charge is 0.237 e. The minimum absolute atomic E-state index is 0.793. The highest BCUT2D eigenvalue weighted by Gasteiger charge is 1.83. The SMILES string of the molecule is CCCC=Cc1ncccn1. The maximum atomic E-state index is 4.05. The Morgan fingerprint density at radius 3 is 2.73 bits per heavy atom. The molecule has 0 saturated carbocycles. The molecule has 0 aliphatic rings. The monoisotopic (exact) mass is 148 g/mol. The number of allylic oxidation sites excluding steroid dienone is 1. The van der Waals surface area contributed by atoms with Gasteiger partial charge in [0, 0.05) is 12.4 Å². The smallest absolute Gasteiger partial charge is 0.151 e. The van der Waals surface area contributed by atoms with Gasteiger partial charge in [-0.2, -0.15) is 0 Å². The zero-order valence-electron chi connectivity index (χ0n) is 6.70. The van der Waals surface area contributed by atoms with Crippen molar-refractivity contribution >= 4 is 6.08 Å². The minimum Gasteiger partial charge on any atom is -0.237 e. The van der Waals surface area contributed by atoms with Crippen molar-refractivity contribution < 1.29 is 0 Å². The fraction of sp³-hybridized carbons (Fsp3) is 0.333. The quantitative estimate of drug-likeness (QED) is 0.657. The first-order valence-electron chi connectivity index (χ1n) is 3.87. The molecular weight excluding hydrogens is 136 g/mol. The lowest BCUT2D eigenvalue weighted by atomic mass is 10.3. The molecule has 0 amide bonds. The molecule has 0 N–H and O–H groups in total. The molecule has 1 heterocycles. The summed E-state index contributed by atoms with van der Waals surface area (Å²) < 4.78 is 0. The van der Waals surface area contributed by atoms with Gasteiger partial charge >= 0.3 is 0 Å². The third-order valence-corrected chi connectivity index (χ3v) is 1.31. The van der Waals surface area contributed by atoms with Gasteiger partial charge in [0.15, 0.2) is 5.82 Å². The van der Waals surface area contributed by atoms with Crippen molar-refractivity contribution in [2.45, 2.75) is 19.8 Å². The van der Waals surface area contributed by atoms with E-state index in [-0.39, 0.29) is 0 Å². The fourth-order valence-corrected chi connectivity index (χ4v) is 0.752.